The van der Waals surface area contributed by atoms with Gasteiger partial charge in [0.15, 0.2) is 0 Å². The van der Waals surface area contributed by atoms with Crippen LogP contribution in [0.2, 0.25) is 0 Å². The van der Waals surface area contributed by atoms with E-state index in [0.717, 1.165) is 32.1 Å². The van der Waals surface area contributed by atoms with Crippen molar-refractivity contribution >= 4 is 0 Å². The van der Waals surface area contributed by atoms with Gasteiger partial charge in [-0.15, -0.1) is 0 Å². The first-order valence-corrected chi connectivity index (χ1v) is 12.5. The predicted molar refractivity (Wildman–Crippen MR) is 140 cm³/mol. The fraction of sp³-hybridized carbons (Fsp3) is 0.667. The van der Waals surface area contributed by atoms with E-state index in [1.165, 1.54) is 60.0 Å². The van der Waals surface area contributed by atoms with Crippen molar-refractivity contribution in [1.82, 2.24) is 0 Å². The van der Waals surface area contributed by atoms with Crippen LogP contribution in [0.1, 0.15) is 120 Å². The summed E-state index contributed by atoms with van der Waals surface area (Å²) in [6, 6.07) is 0. The van der Waals surface area contributed by atoms with Crippen molar-refractivity contribution in [3.8, 4) is 0 Å². The summed E-state index contributed by atoms with van der Waals surface area (Å²) in [5.41, 5.74) is 7.51. The van der Waals surface area contributed by atoms with Crippen LogP contribution in [-0.2, 0) is 4.74 Å². The molecule has 0 spiro atoms. The van der Waals surface area contributed by atoms with Crippen molar-refractivity contribution in [1.29, 1.82) is 0 Å². The van der Waals surface area contributed by atoms with Gasteiger partial charge in [-0.2, -0.15) is 0 Å². The molecule has 2 atom stereocenters. The fourth-order valence-electron chi connectivity index (χ4n) is 3.99. The standard InChI is InChI=1S/C30H50O/c1-24(2)14-9-16-26(5)18-11-19-27(6)20-12-22-29-30(8,31-29)23-13-21-28(7)17-10-15-25(3)4/h14-15,18,20-21,29H,9-13,16-17,19,22-23H2,1-8H3/b26-18+,27-20+,28-21+. The molecule has 31 heavy (non-hydrogen) atoms. The second-order valence-corrected chi connectivity index (χ2v) is 10.4. The first-order chi connectivity index (χ1) is 14.6. The Morgan fingerprint density at radius 2 is 1.03 bits per heavy atom. The fourth-order valence-corrected chi connectivity index (χ4v) is 3.99. The zero-order valence-electron chi connectivity index (χ0n) is 21.9. The molecule has 1 nitrogen and oxygen atoms in total. The highest BCUT2D eigenvalue weighted by molar-refractivity contribution is 5.08. The molecular weight excluding hydrogens is 376 g/mol. The highest BCUT2D eigenvalue weighted by Gasteiger charge is 2.50. The van der Waals surface area contributed by atoms with E-state index in [9.17, 15) is 0 Å². The molecule has 2 unspecified atom stereocenters. The molecule has 1 aliphatic rings. The molecule has 1 aliphatic heterocycles. The number of hydrogen-bond acceptors (Lipinski definition) is 1. The lowest BCUT2D eigenvalue weighted by molar-refractivity contribution is 0.295. The molecule has 176 valence electrons. The zero-order chi connectivity index (χ0) is 23.3. The zero-order valence-corrected chi connectivity index (χ0v) is 21.9. The lowest BCUT2D eigenvalue weighted by Crippen LogP contribution is -2.09. The summed E-state index contributed by atoms with van der Waals surface area (Å²) in [5, 5.41) is 0. The van der Waals surface area contributed by atoms with Crippen LogP contribution in [0.5, 0.6) is 0 Å². The summed E-state index contributed by atoms with van der Waals surface area (Å²) < 4.78 is 6.07. The van der Waals surface area contributed by atoms with Gasteiger partial charge >= 0.3 is 0 Å². The Balaban J connectivity index is 2.21. The van der Waals surface area contributed by atoms with Crippen molar-refractivity contribution in [2.45, 2.75) is 131 Å². The highest BCUT2D eigenvalue weighted by atomic mass is 16.6. The molecule has 1 rings (SSSR count). The van der Waals surface area contributed by atoms with E-state index in [0.29, 0.717) is 6.10 Å². The number of ether oxygens (including phenoxy) is 1. The number of epoxide rings is 1. The SMILES string of the molecule is CC(C)=CCC/C(C)=C/CC/C(C)=C/CCC1OC1(C)CC/C=C(\C)CCC=C(C)C. The molecule has 1 heterocycles. The van der Waals surface area contributed by atoms with Gasteiger partial charge in [-0.1, -0.05) is 58.2 Å². The Kier molecular flexibility index (Phi) is 13.1. The minimum atomic E-state index is 0.115. The molecule has 0 amide bonds. The van der Waals surface area contributed by atoms with Gasteiger partial charge in [0.1, 0.15) is 0 Å². The van der Waals surface area contributed by atoms with Crippen LogP contribution in [0.15, 0.2) is 58.2 Å². The van der Waals surface area contributed by atoms with Crippen LogP contribution >= 0.6 is 0 Å². The summed E-state index contributed by atoms with van der Waals surface area (Å²) in [5.74, 6) is 0. The average molecular weight is 427 g/mol. The Morgan fingerprint density at radius 1 is 0.613 bits per heavy atom. The van der Waals surface area contributed by atoms with Crippen LogP contribution in [0.25, 0.3) is 0 Å². The van der Waals surface area contributed by atoms with Crippen LogP contribution in [-0.4, -0.2) is 11.7 Å². The Morgan fingerprint density at radius 3 is 1.52 bits per heavy atom. The topological polar surface area (TPSA) is 12.5 Å². The van der Waals surface area contributed by atoms with E-state index in [1.807, 2.05) is 0 Å². The minimum absolute atomic E-state index is 0.115. The van der Waals surface area contributed by atoms with Crippen LogP contribution < -0.4 is 0 Å². The molecule has 1 heteroatoms. The van der Waals surface area contributed by atoms with E-state index in [1.54, 1.807) is 0 Å². The lowest BCUT2D eigenvalue weighted by Gasteiger charge is -2.05. The van der Waals surface area contributed by atoms with Gasteiger partial charge in [-0.3, -0.25) is 0 Å². The third-order valence-corrected chi connectivity index (χ3v) is 6.30. The monoisotopic (exact) mass is 426 g/mol. The largest absolute Gasteiger partial charge is 0.366 e. The summed E-state index contributed by atoms with van der Waals surface area (Å²) in [4.78, 5) is 0. The maximum atomic E-state index is 6.07. The number of allylic oxidation sites excluding steroid dienone is 10. The molecule has 0 aromatic rings. The van der Waals surface area contributed by atoms with Gasteiger partial charge in [0.05, 0.1) is 11.7 Å². The van der Waals surface area contributed by atoms with Crippen molar-refractivity contribution in [2.24, 2.45) is 0 Å². The third kappa shape index (κ3) is 13.6. The highest BCUT2D eigenvalue weighted by Crippen LogP contribution is 2.43. The molecule has 1 fully saturated rings. The molecule has 0 bridgehead atoms. The van der Waals surface area contributed by atoms with Crippen LogP contribution in [0.3, 0.4) is 0 Å². The second kappa shape index (κ2) is 14.7. The summed E-state index contributed by atoms with van der Waals surface area (Å²) in [7, 11) is 0. The third-order valence-electron chi connectivity index (χ3n) is 6.30. The van der Waals surface area contributed by atoms with E-state index < -0.39 is 0 Å². The first kappa shape index (κ1) is 27.7. The van der Waals surface area contributed by atoms with Gasteiger partial charge in [0.2, 0.25) is 0 Å². The van der Waals surface area contributed by atoms with Crippen molar-refractivity contribution in [3.05, 3.63) is 58.2 Å². The molecular formula is C30H50O. The lowest BCUT2D eigenvalue weighted by atomic mass is 9.97. The minimum Gasteiger partial charge on any atom is -0.366 e. The van der Waals surface area contributed by atoms with Gasteiger partial charge in [0, 0.05) is 0 Å². The van der Waals surface area contributed by atoms with Gasteiger partial charge in [-0.05, 0) is 120 Å². The molecule has 0 aromatic heterocycles. The van der Waals surface area contributed by atoms with E-state index in [2.05, 4.69) is 85.8 Å². The molecule has 0 saturated carbocycles. The van der Waals surface area contributed by atoms with E-state index in [4.69, 9.17) is 4.74 Å². The summed E-state index contributed by atoms with van der Waals surface area (Å²) >= 11 is 0. The van der Waals surface area contributed by atoms with E-state index in [-0.39, 0.29) is 5.60 Å². The Bertz CT molecular complexity index is 677. The Labute approximate surface area is 194 Å². The predicted octanol–water partition coefficient (Wildman–Crippen LogP) is 9.82. The normalized spacial score (nSPS) is 21.8. The smallest absolute Gasteiger partial charge is 0.0923 e. The number of rotatable bonds is 15. The maximum absolute atomic E-state index is 6.07. The van der Waals surface area contributed by atoms with Crippen LogP contribution in [0.4, 0.5) is 0 Å². The van der Waals surface area contributed by atoms with Crippen molar-refractivity contribution in [2.75, 3.05) is 0 Å². The maximum Gasteiger partial charge on any atom is 0.0923 e. The average Bonchev–Trinajstić information content (AvgIpc) is 3.30. The van der Waals surface area contributed by atoms with Crippen molar-refractivity contribution in [3.63, 3.8) is 0 Å². The summed E-state index contributed by atoms with van der Waals surface area (Å²) in [6.07, 6.45) is 24.0. The van der Waals surface area contributed by atoms with E-state index >= 15 is 0 Å². The summed E-state index contributed by atoms with van der Waals surface area (Å²) in [6.45, 7) is 17.8. The van der Waals surface area contributed by atoms with Gasteiger partial charge < -0.3 is 4.74 Å². The molecule has 0 N–H and O–H groups in total. The van der Waals surface area contributed by atoms with Gasteiger partial charge in [0.25, 0.3) is 0 Å². The molecule has 0 aliphatic carbocycles. The second-order valence-electron chi connectivity index (χ2n) is 10.4. The van der Waals surface area contributed by atoms with Gasteiger partial charge in [-0.25, -0.2) is 0 Å². The molecule has 1 saturated heterocycles. The van der Waals surface area contributed by atoms with Crippen molar-refractivity contribution < 1.29 is 4.74 Å². The molecule has 0 radical (unpaired) electrons. The Hall–Kier alpha value is -1.34. The first-order valence-electron chi connectivity index (χ1n) is 12.5. The quantitative estimate of drug-likeness (QED) is 0.187. The van der Waals surface area contributed by atoms with Crippen LogP contribution in [0, 0.1) is 0 Å². The molecule has 0 aromatic carbocycles. The number of hydrogen-bond donors (Lipinski definition) is 0.